The average molecular weight is 316 g/mol. The number of oxazole rings is 1. The molecule has 0 spiro atoms. The van der Waals surface area contributed by atoms with Gasteiger partial charge in [-0.3, -0.25) is 4.79 Å². The minimum Gasteiger partial charge on any atom is -0.444 e. The first kappa shape index (κ1) is 17.2. The van der Waals surface area contributed by atoms with Crippen molar-refractivity contribution in [2.75, 3.05) is 13.2 Å². The van der Waals surface area contributed by atoms with Crippen LogP contribution in [0.1, 0.15) is 31.5 Å². The van der Waals surface area contributed by atoms with Gasteiger partial charge in [-0.15, -0.1) is 0 Å². The van der Waals surface area contributed by atoms with Gasteiger partial charge < -0.3 is 14.5 Å². The number of hydrogen-bond donors (Lipinski definition) is 1. The third-order valence-corrected chi connectivity index (χ3v) is 3.56. The molecule has 2 rings (SSSR count). The lowest BCUT2D eigenvalue weighted by Crippen LogP contribution is -2.37. The summed E-state index contributed by atoms with van der Waals surface area (Å²) in [5, 5.41) is 2.88. The molecular formula is C18H24N2O3. The summed E-state index contributed by atoms with van der Waals surface area (Å²) >= 11 is 0. The minimum atomic E-state index is -0.375. The molecule has 1 amide bonds. The number of aryl methyl sites for hydroxylation is 1. The Labute approximate surface area is 137 Å². The first-order valence-electron chi connectivity index (χ1n) is 8.04. The Morgan fingerprint density at radius 2 is 2.04 bits per heavy atom. The summed E-state index contributed by atoms with van der Waals surface area (Å²) in [6.07, 6.45) is 2.56. The largest absolute Gasteiger partial charge is 0.444 e. The van der Waals surface area contributed by atoms with Crippen molar-refractivity contribution < 1.29 is 13.9 Å². The third-order valence-electron chi connectivity index (χ3n) is 3.56. The first-order chi connectivity index (χ1) is 11.1. The van der Waals surface area contributed by atoms with Gasteiger partial charge in [-0.25, -0.2) is 4.98 Å². The van der Waals surface area contributed by atoms with Crippen LogP contribution >= 0.6 is 0 Å². The maximum absolute atomic E-state index is 11.9. The second-order valence-electron chi connectivity index (χ2n) is 5.40. The number of nitrogens with one attached hydrogen (secondary N) is 1. The number of hydrogen-bond acceptors (Lipinski definition) is 4. The van der Waals surface area contributed by atoms with E-state index in [4.69, 9.17) is 9.15 Å². The number of benzene rings is 1. The van der Waals surface area contributed by atoms with Crippen LogP contribution in [0.5, 0.6) is 0 Å². The minimum absolute atomic E-state index is 0.0726. The summed E-state index contributed by atoms with van der Waals surface area (Å²) in [5.74, 6) is 0.531. The number of carbonyl (C=O) groups is 1. The van der Waals surface area contributed by atoms with Crippen molar-refractivity contribution in [1.82, 2.24) is 10.3 Å². The van der Waals surface area contributed by atoms with Crippen LogP contribution in [0.2, 0.25) is 0 Å². The summed E-state index contributed by atoms with van der Waals surface area (Å²) in [6, 6.07) is 8.03. The molecule has 1 aromatic heterocycles. The molecule has 1 heterocycles. The van der Waals surface area contributed by atoms with Crippen molar-refractivity contribution in [2.24, 2.45) is 0 Å². The molecule has 2 aromatic rings. The van der Waals surface area contributed by atoms with E-state index in [2.05, 4.69) is 10.3 Å². The smallest absolute Gasteiger partial charge is 0.249 e. The molecule has 1 aromatic carbocycles. The van der Waals surface area contributed by atoms with E-state index in [0.717, 1.165) is 11.3 Å². The summed E-state index contributed by atoms with van der Waals surface area (Å²) in [4.78, 5) is 16.4. The Morgan fingerprint density at radius 1 is 1.30 bits per heavy atom. The summed E-state index contributed by atoms with van der Waals surface area (Å²) in [6.45, 7) is 6.92. The monoisotopic (exact) mass is 316 g/mol. The molecule has 0 saturated heterocycles. The van der Waals surface area contributed by atoms with E-state index in [1.807, 2.05) is 45.0 Å². The van der Waals surface area contributed by atoms with Crippen LogP contribution in [0.15, 0.2) is 34.9 Å². The lowest BCUT2D eigenvalue weighted by Gasteiger charge is -2.14. The van der Waals surface area contributed by atoms with Crippen LogP contribution in [-0.2, 0) is 16.0 Å². The summed E-state index contributed by atoms with van der Waals surface area (Å²) < 4.78 is 10.9. The Morgan fingerprint density at radius 3 is 2.70 bits per heavy atom. The molecule has 0 aliphatic rings. The van der Waals surface area contributed by atoms with Gasteiger partial charge in [0.25, 0.3) is 0 Å². The standard InChI is InChI=1S/C18H24N2O3/c1-4-16(22-5-2)17(21)19-11-10-15-12-23-18(20-15)14-8-6-13(3)7-9-14/h6-9,12,16H,4-5,10-11H2,1-3H3,(H,19,21)/t16-/m0/s1. The van der Waals surface area contributed by atoms with Crippen molar-refractivity contribution in [2.45, 2.75) is 39.7 Å². The normalized spacial score (nSPS) is 12.1. The van der Waals surface area contributed by atoms with Crippen molar-refractivity contribution in [3.8, 4) is 11.5 Å². The van der Waals surface area contributed by atoms with Crippen LogP contribution in [0.4, 0.5) is 0 Å². The molecule has 0 unspecified atom stereocenters. The van der Waals surface area contributed by atoms with Crippen molar-refractivity contribution in [3.63, 3.8) is 0 Å². The predicted octanol–water partition coefficient (Wildman–Crippen LogP) is 3.12. The zero-order valence-electron chi connectivity index (χ0n) is 14.0. The van der Waals surface area contributed by atoms with E-state index in [9.17, 15) is 4.79 Å². The molecule has 23 heavy (non-hydrogen) atoms. The second kappa shape index (κ2) is 8.48. The van der Waals surface area contributed by atoms with Gasteiger partial charge in [0.2, 0.25) is 11.8 Å². The Bertz CT molecular complexity index is 619. The number of carbonyl (C=O) groups excluding carboxylic acids is 1. The van der Waals surface area contributed by atoms with E-state index in [1.165, 1.54) is 5.56 Å². The molecule has 0 aliphatic heterocycles. The van der Waals surface area contributed by atoms with Crippen molar-refractivity contribution in [3.05, 3.63) is 41.8 Å². The van der Waals surface area contributed by atoms with E-state index < -0.39 is 0 Å². The highest BCUT2D eigenvalue weighted by atomic mass is 16.5. The predicted molar refractivity (Wildman–Crippen MR) is 89.1 cm³/mol. The molecule has 5 heteroatoms. The molecule has 0 aliphatic carbocycles. The topological polar surface area (TPSA) is 64.4 Å². The fourth-order valence-corrected chi connectivity index (χ4v) is 2.26. The third kappa shape index (κ3) is 4.93. The first-order valence-corrected chi connectivity index (χ1v) is 8.04. The van der Waals surface area contributed by atoms with Crippen LogP contribution < -0.4 is 5.32 Å². The van der Waals surface area contributed by atoms with Crippen LogP contribution in [-0.4, -0.2) is 30.1 Å². The van der Waals surface area contributed by atoms with Gasteiger partial charge in [0.15, 0.2) is 0 Å². The fourth-order valence-electron chi connectivity index (χ4n) is 2.26. The van der Waals surface area contributed by atoms with Crippen LogP contribution in [0.3, 0.4) is 0 Å². The lowest BCUT2D eigenvalue weighted by molar-refractivity contribution is -0.132. The molecule has 0 bridgehead atoms. The molecule has 5 nitrogen and oxygen atoms in total. The maximum atomic E-state index is 11.9. The van der Waals surface area contributed by atoms with Gasteiger partial charge >= 0.3 is 0 Å². The van der Waals surface area contributed by atoms with Gasteiger partial charge in [0, 0.05) is 25.1 Å². The number of amides is 1. The number of aromatic nitrogens is 1. The lowest BCUT2D eigenvalue weighted by atomic mass is 10.1. The quantitative estimate of drug-likeness (QED) is 0.812. The van der Waals surface area contributed by atoms with Crippen molar-refractivity contribution in [1.29, 1.82) is 0 Å². The van der Waals surface area contributed by atoms with Crippen LogP contribution in [0.25, 0.3) is 11.5 Å². The van der Waals surface area contributed by atoms with E-state index in [-0.39, 0.29) is 12.0 Å². The number of ether oxygens (including phenoxy) is 1. The fraction of sp³-hybridized carbons (Fsp3) is 0.444. The Balaban J connectivity index is 1.85. The number of rotatable bonds is 8. The van der Waals surface area contributed by atoms with Gasteiger partial charge in [-0.05, 0) is 32.4 Å². The Hall–Kier alpha value is -2.14. The van der Waals surface area contributed by atoms with Crippen molar-refractivity contribution >= 4 is 5.91 Å². The Kier molecular flexibility index (Phi) is 6.35. The second-order valence-corrected chi connectivity index (χ2v) is 5.40. The maximum Gasteiger partial charge on any atom is 0.249 e. The molecule has 0 fully saturated rings. The molecule has 0 saturated carbocycles. The summed E-state index contributed by atoms with van der Waals surface area (Å²) in [7, 11) is 0. The molecule has 1 N–H and O–H groups in total. The van der Waals surface area contributed by atoms with Gasteiger partial charge in [-0.2, -0.15) is 0 Å². The van der Waals surface area contributed by atoms with Gasteiger partial charge in [-0.1, -0.05) is 24.6 Å². The number of nitrogens with zero attached hydrogens (tertiary/aromatic N) is 1. The molecule has 1 atom stereocenters. The highest BCUT2D eigenvalue weighted by Gasteiger charge is 2.15. The van der Waals surface area contributed by atoms with E-state index in [0.29, 0.717) is 31.9 Å². The highest BCUT2D eigenvalue weighted by Crippen LogP contribution is 2.19. The SMILES string of the molecule is CCO[C@@H](CC)C(=O)NCCc1coc(-c2ccc(C)cc2)n1. The molecule has 0 radical (unpaired) electrons. The van der Waals surface area contributed by atoms with Gasteiger partial charge in [0.1, 0.15) is 12.4 Å². The zero-order valence-corrected chi connectivity index (χ0v) is 14.0. The zero-order chi connectivity index (χ0) is 16.7. The van der Waals surface area contributed by atoms with Gasteiger partial charge in [0.05, 0.1) is 5.69 Å². The highest BCUT2D eigenvalue weighted by molar-refractivity contribution is 5.80. The molecular weight excluding hydrogens is 292 g/mol. The summed E-state index contributed by atoms with van der Waals surface area (Å²) in [5.41, 5.74) is 2.97. The average Bonchev–Trinajstić information content (AvgIpc) is 3.02. The molecule has 124 valence electrons. The van der Waals surface area contributed by atoms with Crippen LogP contribution in [0, 0.1) is 6.92 Å². The van der Waals surface area contributed by atoms with E-state index in [1.54, 1.807) is 6.26 Å². The van der Waals surface area contributed by atoms with E-state index >= 15 is 0 Å².